The molecule has 0 saturated heterocycles. The molecule has 132 valence electrons. The van der Waals surface area contributed by atoms with Gasteiger partial charge in [-0.3, -0.25) is 4.79 Å². The zero-order valence-electron chi connectivity index (χ0n) is 15.1. The molecule has 0 aliphatic rings. The van der Waals surface area contributed by atoms with Crippen LogP contribution in [0.15, 0.2) is 60.7 Å². The quantitative estimate of drug-likeness (QED) is 0.700. The first-order chi connectivity index (χ1) is 12.5. The summed E-state index contributed by atoms with van der Waals surface area (Å²) < 4.78 is 5.40. The van der Waals surface area contributed by atoms with Gasteiger partial charge in [-0.1, -0.05) is 48.5 Å². The minimum atomic E-state index is -0.901. The lowest BCUT2D eigenvalue weighted by molar-refractivity contribution is -0.123. The molecule has 0 aromatic heterocycles. The molecule has 0 radical (unpaired) electrons. The van der Waals surface area contributed by atoms with Crippen LogP contribution in [0.2, 0.25) is 0 Å². The standard InChI is InChI=1S/C22H21NO3/c1-14-8-6-13-20(15(14)2)23-21(24)16(3)26-22(25)19-12-7-10-17-9-4-5-11-18(17)19/h4-13,16H,1-3H3,(H,23,24)/t16-/m0/s1. The number of nitrogens with one attached hydrogen (secondary N) is 1. The number of hydrogen-bond donors (Lipinski definition) is 1. The number of anilines is 1. The van der Waals surface area contributed by atoms with Crippen molar-refractivity contribution in [2.45, 2.75) is 26.9 Å². The van der Waals surface area contributed by atoms with E-state index < -0.39 is 12.1 Å². The van der Waals surface area contributed by atoms with Crippen molar-refractivity contribution in [3.8, 4) is 0 Å². The van der Waals surface area contributed by atoms with E-state index in [9.17, 15) is 9.59 Å². The molecule has 0 heterocycles. The summed E-state index contributed by atoms with van der Waals surface area (Å²) in [6, 6.07) is 18.7. The van der Waals surface area contributed by atoms with Gasteiger partial charge in [0.05, 0.1) is 5.56 Å². The van der Waals surface area contributed by atoms with Crippen LogP contribution in [-0.4, -0.2) is 18.0 Å². The van der Waals surface area contributed by atoms with E-state index in [1.165, 1.54) is 0 Å². The molecular formula is C22H21NO3. The van der Waals surface area contributed by atoms with Crippen molar-refractivity contribution in [1.82, 2.24) is 0 Å². The second-order valence-corrected chi connectivity index (χ2v) is 6.31. The van der Waals surface area contributed by atoms with Crippen LogP contribution in [0.25, 0.3) is 10.8 Å². The molecule has 0 aliphatic carbocycles. The van der Waals surface area contributed by atoms with Gasteiger partial charge < -0.3 is 10.1 Å². The summed E-state index contributed by atoms with van der Waals surface area (Å²) >= 11 is 0. The fraction of sp³-hybridized carbons (Fsp3) is 0.182. The molecular weight excluding hydrogens is 326 g/mol. The number of rotatable bonds is 4. The minimum Gasteiger partial charge on any atom is -0.449 e. The predicted molar refractivity (Wildman–Crippen MR) is 103 cm³/mol. The molecule has 3 aromatic rings. The monoisotopic (exact) mass is 347 g/mol. The molecule has 0 fully saturated rings. The number of esters is 1. The number of amides is 1. The highest BCUT2D eigenvalue weighted by molar-refractivity contribution is 6.05. The average molecular weight is 347 g/mol. The minimum absolute atomic E-state index is 0.354. The first kappa shape index (κ1) is 17.7. The van der Waals surface area contributed by atoms with Gasteiger partial charge >= 0.3 is 5.97 Å². The number of benzene rings is 3. The third-order valence-electron chi connectivity index (χ3n) is 4.53. The topological polar surface area (TPSA) is 55.4 Å². The van der Waals surface area contributed by atoms with Crippen molar-refractivity contribution in [3.05, 3.63) is 77.4 Å². The molecule has 4 heteroatoms. The second-order valence-electron chi connectivity index (χ2n) is 6.31. The number of aryl methyl sites for hydroxylation is 1. The fourth-order valence-corrected chi connectivity index (χ4v) is 2.80. The molecule has 1 atom stereocenters. The highest BCUT2D eigenvalue weighted by atomic mass is 16.5. The lowest BCUT2D eigenvalue weighted by Crippen LogP contribution is -2.30. The number of carbonyl (C=O) groups is 2. The maximum atomic E-state index is 12.5. The van der Waals surface area contributed by atoms with Gasteiger partial charge in [-0.2, -0.15) is 0 Å². The molecule has 4 nitrogen and oxygen atoms in total. The Balaban J connectivity index is 1.74. The molecule has 0 spiro atoms. The number of fused-ring (bicyclic) bond motifs is 1. The summed E-state index contributed by atoms with van der Waals surface area (Å²) in [6.45, 7) is 5.50. The molecule has 3 rings (SSSR count). The molecule has 0 aliphatic heterocycles. The van der Waals surface area contributed by atoms with Gasteiger partial charge in [0.2, 0.25) is 0 Å². The Morgan fingerprint density at radius 2 is 1.62 bits per heavy atom. The van der Waals surface area contributed by atoms with E-state index >= 15 is 0 Å². The maximum Gasteiger partial charge on any atom is 0.339 e. The highest BCUT2D eigenvalue weighted by Crippen LogP contribution is 2.21. The number of hydrogen-bond acceptors (Lipinski definition) is 3. The van der Waals surface area contributed by atoms with Crippen molar-refractivity contribution in [1.29, 1.82) is 0 Å². The van der Waals surface area contributed by atoms with Crippen LogP contribution in [-0.2, 0) is 9.53 Å². The molecule has 1 N–H and O–H groups in total. The Morgan fingerprint density at radius 3 is 2.42 bits per heavy atom. The van der Waals surface area contributed by atoms with E-state index in [2.05, 4.69) is 5.32 Å². The van der Waals surface area contributed by atoms with Crippen LogP contribution in [0.3, 0.4) is 0 Å². The van der Waals surface area contributed by atoms with Crippen molar-refractivity contribution in [3.63, 3.8) is 0 Å². The van der Waals surface area contributed by atoms with E-state index in [1.54, 1.807) is 19.1 Å². The van der Waals surface area contributed by atoms with Crippen molar-refractivity contribution in [2.24, 2.45) is 0 Å². The van der Waals surface area contributed by atoms with E-state index in [4.69, 9.17) is 4.74 Å². The molecule has 1 amide bonds. The molecule has 0 unspecified atom stereocenters. The van der Waals surface area contributed by atoms with E-state index in [0.29, 0.717) is 5.56 Å². The summed E-state index contributed by atoms with van der Waals surface area (Å²) in [5.41, 5.74) is 3.26. The van der Waals surface area contributed by atoms with Crippen LogP contribution in [0.1, 0.15) is 28.4 Å². The van der Waals surface area contributed by atoms with Crippen molar-refractivity contribution < 1.29 is 14.3 Å². The molecule has 0 bridgehead atoms. The van der Waals surface area contributed by atoms with Crippen LogP contribution in [0.4, 0.5) is 5.69 Å². The first-order valence-electron chi connectivity index (χ1n) is 8.53. The van der Waals surface area contributed by atoms with E-state index in [0.717, 1.165) is 27.6 Å². The van der Waals surface area contributed by atoms with Gasteiger partial charge in [-0.25, -0.2) is 4.79 Å². The smallest absolute Gasteiger partial charge is 0.339 e. The van der Waals surface area contributed by atoms with Crippen LogP contribution in [0.5, 0.6) is 0 Å². The van der Waals surface area contributed by atoms with Crippen LogP contribution < -0.4 is 5.32 Å². The predicted octanol–water partition coefficient (Wildman–Crippen LogP) is 4.64. The lowest BCUT2D eigenvalue weighted by Gasteiger charge is -2.16. The van der Waals surface area contributed by atoms with Gasteiger partial charge in [0.15, 0.2) is 6.10 Å². The molecule has 3 aromatic carbocycles. The Hall–Kier alpha value is -3.14. The fourth-order valence-electron chi connectivity index (χ4n) is 2.80. The third kappa shape index (κ3) is 3.59. The van der Waals surface area contributed by atoms with Gasteiger partial charge in [0.25, 0.3) is 5.91 Å². The normalized spacial score (nSPS) is 11.8. The van der Waals surface area contributed by atoms with Gasteiger partial charge in [0, 0.05) is 5.69 Å². The SMILES string of the molecule is Cc1cccc(NC(=O)[C@H](C)OC(=O)c2cccc3ccccc23)c1C. The van der Waals surface area contributed by atoms with Crippen LogP contribution in [0, 0.1) is 13.8 Å². The Kier molecular flexibility index (Phi) is 5.03. The van der Waals surface area contributed by atoms with Crippen molar-refractivity contribution >= 4 is 28.3 Å². The number of carbonyl (C=O) groups excluding carboxylic acids is 2. The van der Waals surface area contributed by atoms with Crippen LogP contribution >= 0.6 is 0 Å². The van der Waals surface area contributed by atoms with Gasteiger partial charge in [-0.05, 0) is 54.8 Å². The molecule has 26 heavy (non-hydrogen) atoms. The zero-order valence-corrected chi connectivity index (χ0v) is 15.1. The second kappa shape index (κ2) is 7.40. The Morgan fingerprint density at radius 1 is 0.923 bits per heavy atom. The molecule has 0 saturated carbocycles. The van der Waals surface area contributed by atoms with Gasteiger partial charge in [-0.15, -0.1) is 0 Å². The maximum absolute atomic E-state index is 12.5. The average Bonchev–Trinajstić information content (AvgIpc) is 2.64. The van der Waals surface area contributed by atoms with Gasteiger partial charge in [0.1, 0.15) is 0 Å². The van der Waals surface area contributed by atoms with E-state index in [1.807, 2.05) is 62.4 Å². The summed E-state index contributed by atoms with van der Waals surface area (Å²) in [5, 5.41) is 4.59. The summed E-state index contributed by atoms with van der Waals surface area (Å²) in [5.74, 6) is -0.863. The van der Waals surface area contributed by atoms with E-state index in [-0.39, 0.29) is 5.91 Å². The zero-order chi connectivity index (χ0) is 18.7. The third-order valence-corrected chi connectivity index (χ3v) is 4.53. The summed E-state index contributed by atoms with van der Waals surface area (Å²) in [7, 11) is 0. The Bertz CT molecular complexity index is 973. The summed E-state index contributed by atoms with van der Waals surface area (Å²) in [6.07, 6.45) is -0.901. The summed E-state index contributed by atoms with van der Waals surface area (Å²) in [4.78, 5) is 25.0. The lowest BCUT2D eigenvalue weighted by atomic mass is 10.0. The first-order valence-corrected chi connectivity index (χ1v) is 8.53. The Labute approximate surface area is 152 Å². The largest absolute Gasteiger partial charge is 0.449 e. The highest BCUT2D eigenvalue weighted by Gasteiger charge is 2.20. The number of ether oxygens (including phenoxy) is 1. The van der Waals surface area contributed by atoms with Crippen molar-refractivity contribution in [2.75, 3.05) is 5.32 Å².